The zero-order valence-corrected chi connectivity index (χ0v) is 18.9. The van der Waals surface area contributed by atoms with Crippen LogP contribution in [0.15, 0.2) is 51.7 Å². The average molecular weight is 484 g/mol. The van der Waals surface area contributed by atoms with Crippen molar-refractivity contribution in [1.29, 1.82) is 0 Å². The van der Waals surface area contributed by atoms with E-state index in [0.29, 0.717) is 29.9 Å². The summed E-state index contributed by atoms with van der Waals surface area (Å²) in [6, 6.07) is 8.76. The number of guanidine groups is 1. The van der Waals surface area contributed by atoms with Gasteiger partial charge in [-0.1, -0.05) is 12.1 Å². The lowest BCUT2D eigenvalue weighted by Crippen LogP contribution is -2.78. The number of benzene rings is 2. The van der Waals surface area contributed by atoms with Crippen LogP contribution in [0, 0.1) is 12.7 Å². The predicted molar refractivity (Wildman–Crippen MR) is 123 cm³/mol. The summed E-state index contributed by atoms with van der Waals surface area (Å²) in [6.07, 6.45) is 0.478. The van der Waals surface area contributed by atoms with E-state index in [9.17, 15) is 23.9 Å². The van der Waals surface area contributed by atoms with Gasteiger partial charge in [0.15, 0.2) is 6.61 Å². The highest BCUT2D eigenvalue weighted by atomic mass is 19.1. The minimum absolute atomic E-state index is 0.0144. The first-order valence-corrected chi connectivity index (χ1v) is 10.7. The maximum atomic E-state index is 13.2. The lowest BCUT2D eigenvalue weighted by molar-refractivity contribution is -0.459. The van der Waals surface area contributed by atoms with Gasteiger partial charge in [0.1, 0.15) is 22.9 Å². The van der Waals surface area contributed by atoms with Crippen LogP contribution in [0.2, 0.25) is 0 Å². The molecule has 35 heavy (non-hydrogen) atoms. The van der Waals surface area contributed by atoms with Crippen LogP contribution in [0.5, 0.6) is 5.75 Å². The van der Waals surface area contributed by atoms with E-state index in [1.54, 1.807) is 6.92 Å². The number of carbonyl (C=O) groups excluding carboxylic acids is 2. The van der Waals surface area contributed by atoms with Crippen molar-refractivity contribution in [2.75, 3.05) is 13.2 Å². The maximum Gasteiger partial charge on any atom is 0.338 e. The van der Waals surface area contributed by atoms with Crippen molar-refractivity contribution in [3.63, 3.8) is 0 Å². The molecule has 3 aromatic rings. The number of nitrogens with one attached hydrogen (secondary N) is 2. The zero-order chi connectivity index (χ0) is 25.5. The molecule has 0 fully saturated rings. The van der Waals surface area contributed by atoms with Gasteiger partial charge in [-0.2, -0.15) is 0 Å². The molecule has 0 bridgehead atoms. The van der Waals surface area contributed by atoms with E-state index in [-0.39, 0.29) is 34.5 Å². The fraction of sp³-hybridized carbons (Fsp3) is 0.250. The van der Waals surface area contributed by atoms with Crippen LogP contribution in [0.1, 0.15) is 18.6 Å². The number of aryl methyl sites for hydroxylation is 1. The Balaban J connectivity index is 1.68. The molecule has 0 saturated carbocycles. The molecule has 184 valence electrons. The average Bonchev–Trinajstić information content (AvgIpc) is 2.80. The van der Waals surface area contributed by atoms with E-state index >= 15 is 0 Å². The highest BCUT2D eigenvalue weighted by Crippen LogP contribution is 2.26. The van der Waals surface area contributed by atoms with Gasteiger partial charge < -0.3 is 24.4 Å². The summed E-state index contributed by atoms with van der Waals surface area (Å²) in [7, 11) is 0. The van der Waals surface area contributed by atoms with Gasteiger partial charge in [-0.15, -0.1) is 0 Å². The minimum Gasteiger partial charge on any atom is -0.548 e. The summed E-state index contributed by atoms with van der Waals surface area (Å²) in [6.45, 7) is 1.49. The number of ether oxygens (including phenoxy) is 1. The van der Waals surface area contributed by atoms with Crippen LogP contribution >= 0.6 is 0 Å². The van der Waals surface area contributed by atoms with Crippen LogP contribution in [0.4, 0.5) is 4.39 Å². The van der Waals surface area contributed by atoms with E-state index < -0.39 is 30.3 Å². The third-order valence-corrected chi connectivity index (χ3v) is 5.16. The van der Waals surface area contributed by atoms with Gasteiger partial charge in [-0.05, 0) is 49.6 Å². The van der Waals surface area contributed by atoms with Crippen molar-refractivity contribution in [3.05, 3.63) is 64.3 Å². The number of nitrogens with two attached hydrogens (primary N) is 2. The molecule has 11 heteroatoms. The molecule has 0 aliphatic rings. The summed E-state index contributed by atoms with van der Waals surface area (Å²) >= 11 is 0. The number of hydrogen-bond donors (Lipinski definition) is 4. The number of halogens is 1. The minimum atomic E-state index is -1.43. The van der Waals surface area contributed by atoms with Gasteiger partial charge in [-0.25, -0.2) is 4.39 Å². The van der Waals surface area contributed by atoms with E-state index in [1.807, 2.05) is 0 Å². The van der Waals surface area contributed by atoms with E-state index in [1.165, 1.54) is 42.5 Å². The second-order valence-electron chi connectivity index (χ2n) is 7.78. The molecule has 0 aliphatic carbocycles. The lowest BCUT2D eigenvalue weighted by atomic mass is 10.0. The molecule has 1 atom stereocenters. The molecular formula is C24H25FN4O6. The third-order valence-electron chi connectivity index (χ3n) is 5.16. The van der Waals surface area contributed by atoms with Crippen LogP contribution in [-0.2, 0) is 9.59 Å². The Bertz CT molecular complexity index is 1320. The van der Waals surface area contributed by atoms with Crippen LogP contribution in [-0.4, -0.2) is 37.0 Å². The van der Waals surface area contributed by atoms with Crippen LogP contribution < -0.4 is 37.0 Å². The van der Waals surface area contributed by atoms with E-state index in [0.717, 1.165) is 0 Å². The number of carboxylic acid groups (broad SMARTS) is 1. The first-order chi connectivity index (χ1) is 16.7. The molecule has 0 saturated heterocycles. The highest BCUT2D eigenvalue weighted by molar-refractivity contribution is 5.85. The predicted octanol–water partition coefficient (Wildman–Crippen LogP) is -1.34. The van der Waals surface area contributed by atoms with Crippen molar-refractivity contribution >= 4 is 28.8 Å². The van der Waals surface area contributed by atoms with Gasteiger partial charge >= 0.3 is 5.96 Å². The molecule has 1 heterocycles. The fourth-order valence-electron chi connectivity index (χ4n) is 3.50. The Hall–Kier alpha value is -4.41. The summed E-state index contributed by atoms with van der Waals surface area (Å²) in [4.78, 5) is 39.1. The number of carbonyl (C=O) groups is 2. The molecule has 6 N–H and O–H groups in total. The highest BCUT2D eigenvalue weighted by Gasteiger charge is 2.16. The Morgan fingerprint density at radius 2 is 1.91 bits per heavy atom. The number of hydrogen-bond acceptors (Lipinski definition) is 6. The number of rotatable bonds is 10. The van der Waals surface area contributed by atoms with Gasteiger partial charge in [0.05, 0.1) is 29.5 Å². The van der Waals surface area contributed by atoms with E-state index in [4.69, 9.17) is 20.6 Å². The van der Waals surface area contributed by atoms with Gasteiger partial charge in [0.25, 0.3) is 5.91 Å². The number of fused-ring (bicyclic) bond motifs is 1. The smallest absolute Gasteiger partial charge is 0.338 e. The SMILES string of the molecule is Cc1oc2cc(OCC(=O)N[C@@H](CCC[NH+]=C(N)N)C(=O)[O-])ccc2c(=O)c1-c1ccc(F)cc1. The summed E-state index contributed by atoms with van der Waals surface area (Å²) in [5.74, 6) is -1.91. The Kier molecular flexibility index (Phi) is 8.03. The summed E-state index contributed by atoms with van der Waals surface area (Å²) in [5.41, 5.74) is 11.3. The number of carboxylic acids is 1. The normalized spacial score (nSPS) is 11.6. The van der Waals surface area contributed by atoms with Crippen LogP contribution in [0.3, 0.4) is 0 Å². The van der Waals surface area contributed by atoms with Crippen LogP contribution in [0.25, 0.3) is 22.1 Å². The number of aliphatic carboxylic acids is 1. The molecule has 2 aromatic carbocycles. The monoisotopic (exact) mass is 484 g/mol. The molecule has 0 aliphatic heterocycles. The second kappa shape index (κ2) is 11.1. The molecule has 10 nitrogen and oxygen atoms in total. The summed E-state index contributed by atoms with van der Waals surface area (Å²) in [5, 5.41) is 13.9. The van der Waals surface area contributed by atoms with Crippen molar-refractivity contribution in [1.82, 2.24) is 5.32 Å². The maximum absolute atomic E-state index is 13.2. The van der Waals surface area contributed by atoms with E-state index in [2.05, 4.69) is 10.3 Å². The van der Waals surface area contributed by atoms with Crippen molar-refractivity contribution in [2.24, 2.45) is 11.5 Å². The molecule has 0 spiro atoms. The van der Waals surface area contributed by atoms with Gasteiger partial charge in [0, 0.05) is 6.07 Å². The number of amides is 1. The third kappa shape index (κ3) is 6.56. The first kappa shape index (κ1) is 25.2. The molecule has 1 amide bonds. The fourth-order valence-corrected chi connectivity index (χ4v) is 3.50. The van der Waals surface area contributed by atoms with Crippen molar-refractivity contribution in [3.8, 4) is 16.9 Å². The first-order valence-electron chi connectivity index (χ1n) is 10.7. The van der Waals surface area contributed by atoms with Crippen molar-refractivity contribution in [2.45, 2.75) is 25.8 Å². The molecular weight excluding hydrogens is 459 g/mol. The zero-order valence-electron chi connectivity index (χ0n) is 18.9. The quantitative estimate of drug-likeness (QED) is 0.155. The molecule has 1 aromatic heterocycles. The Morgan fingerprint density at radius 3 is 2.57 bits per heavy atom. The standard InChI is InChI=1S/C24H25FN4O6/c1-13-21(14-4-6-15(25)7-5-14)22(31)17-9-8-16(11-19(17)35-13)34-12-20(30)29-18(23(32)33)3-2-10-28-24(26)27/h4-9,11,18H,2-3,10,12H2,1H3,(H,29,30)(H,32,33)(H4,26,27,28)/t18-/m0/s1. The lowest BCUT2D eigenvalue weighted by Gasteiger charge is -2.19. The van der Waals surface area contributed by atoms with Gasteiger partial charge in [-0.3, -0.25) is 26.0 Å². The largest absolute Gasteiger partial charge is 0.548 e. The van der Waals surface area contributed by atoms with Gasteiger partial charge in [0.2, 0.25) is 5.43 Å². The molecule has 0 unspecified atom stereocenters. The second-order valence-corrected chi connectivity index (χ2v) is 7.78. The molecule has 0 radical (unpaired) electrons. The summed E-state index contributed by atoms with van der Waals surface area (Å²) < 4.78 is 24.5. The van der Waals surface area contributed by atoms with Crippen molar-refractivity contribution < 1.29 is 33.2 Å². The topological polar surface area (TPSA) is 175 Å². The Labute approximate surface area is 199 Å². The molecule has 3 rings (SSSR count). The Morgan fingerprint density at radius 1 is 1.20 bits per heavy atom.